The Hall–Kier alpha value is -1.28. The Bertz CT molecular complexity index is 449. The molecule has 0 saturated carbocycles. The standard InChI is InChI=1S/C13H17ClN4/c14-10-1-2-12(16)11(9-10)13(3-4-15)18-7-5-17-6-8-18/h1-2,9,13,17H,3,5-8,16H2/t13-/m0/s1. The molecule has 1 fully saturated rings. The smallest absolute Gasteiger partial charge is 0.0641 e. The summed E-state index contributed by atoms with van der Waals surface area (Å²) in [6, 6.07) is 7.75. The van der Waals surface area contributed by atoms with Crippen LogP contribution >= 0.6 is 11.6 Å². The minimum absolute atomic E-state index is 0.0378. The molecule has 4 nitrogen and oxygen atoms in total. The van der Waals surface area contributed by atoms with Crippen molar-refractivity contribution < 1.29 is 0 Å². The van der Waals surface area contributed by atoms with Gasteiger partial charge in [0.2, 0.25) is 0 Å². The zero-order chi connectivity index (χ0) is 13.0. The average molecular weight is 265 g/mol. The molecule has 1 aliphatic heterocycles. The highest BCUT2D eigenvalue weighted by Gasteiger charge is 2.23. The SMILES string of the molecule is N#CC[C@@H](c1cc(Cl)ccc1N)N1CCNCC1. The number of piperazine rings is 1. The molecule has 1 heterocycles. The average Bonchev–Trinajstić information content (AvgIpc) is 2.40. The molecule has 0 bridgehead atoms. The van der Waals surface area contributed by atoms with Crippen molar-refractivity contribution in [2.75, 3.05) is 31.9 Å². The van der Waals surface area contributed by atoms with E-state index in [1.807, 2.05) is 12.1 Å². The van der Waals surface area contributed by atoms with Gasteiger partial charge in [-0.1, -0.05) is 11.6 Å². The van der Waals surface area contributed by atoms with E-state index in [0.29, 0.717) is 17.1 Å². The van der Waals surface area contributed by atoms with E-state index in [1.54, 1.807) is 6.07 Å². The fourth-order valence-electron chi connectivity index (χ4n) is 2.35. The van der Waals surface area contributed by atoms with Gasteiger partial charge in [0.1, 0.15) is 0 Å². The Morgan fingerprint density at radius 1 is 1.44 bits per heavy atom. The van der Waals surface area contributed by atoms with Gasteiger partial charge in [0, 0.05) is 42.9 Å². The summed E-state index contributed by atoms with van der Waals surface area (Å²) >= 11 is 6.03. The highest BCUT2D eigenvalue weighted by Crippen LogP contribution is 2.31. The Morgan fingerprint density at radius 3 is 2.83 bits per heavy atom. The number of nitrogens with one attached hydrogen (secondary N) is 1. The van der Waals surface area contributed by atoms with Crippen molar-refractivity contribution in [1.29, 1.82) is 5.26 Å². The number of anilines is 1. The van der Waals surface area contributed by atoms with Crippen molar-refractivity contribution in [3.63, 3.8) is 0 Å². The monoisotopic (exact) mass is 264 g/mol. The van der Waals surface area contributed by atoms with Crippen molar-refractivity contribution in [3.8, 4) is 6.07 Å². The van der Waals surface area contributed by atoms with E-state index in [0.717, 1.165) is 31.7 Å². The van der Waals surface area contributed by atoms with E-state index in [1.165, 1.54) is 0 Å². The molecule has 0 amide bonds. The number of halogens is 1. The van der Waals surface area contributed by atoms with Gasteiger partial charge in [0.25, 0.3) is 0 Å². The molecule has 2 rings (SSSR count). The first-order chi connectivity index (χ1) is 8.72. The fourth-order valence-corrected chi connectivity index (χ4v) is 2.53. The molecule has 0 unspecified atom stereocenters. The van der Waals surface area contributed by atoms with Crippen LogP contribution in [0.2, 0.25) is 5.02 Å². The number of benzene rings is 1. The topological polar surface area (TPSA) is 65.1 Å². The summed E-state index contributed by atoms with van der Waals surface area (Å²) in [5, 5.41) is 13.0. The predicted molar refractivity (Wildman–Crippen MR) is 73.3 cm³/mol. The second-order valence-corrected chi connectivity index (χ2v) is 4.87. The van der Waals surface area contributed by atoms with E-state index in [2.05, 4.69) is 16.3 Å². The first-order valence-corrected chi connectivity index (χ1v) is 6.47. The van der Waals surface area contributed by atoms with E-state index >= 15 is 0 Å². The second-order valence-electron chi connectivity index (χ2n) is 4.44. The number of nitrogens with zero attached hydrogens (tertiary/aromatic N) is 2. The molecule has 1 aromatic carbocycles. The molecule has 1 atom stereocenters. The minimum atomic E-state index is 0.0378. The van der Waals surface area contributed by atoms with Gasteiger partial charge in [-0.3, -0.25) is 4.90 Å². The molecule has 18 heavy (non-hydrogen) atoms. The maximum absolute atomic E-state index is 9.02. The predicted octanol–water partition coefficient (Wildman–Crippen LogP) is 1.78. The van der Waals surface area contributed by atoms with Crippen LogP contribution in [0.1, 0.15) is 18.0 Å². The van der Waals surface area contributed by atoms with Crippen molar-refractivity contribution in [2.24, 2.45) is 0 Å². The lowest BCUT2D eigenvalue weighted by molar-refractivity contribution is 0.176. The third-order valence-corrected chi connectivity index (χ3v) is 3.52. The van der Waals surface area contributed by atoms with Crippen LogP contribution in [0, 0.1) is 11.3 Å². The van der Waals surface area contributed by atoms with E-state index in [4.69, 9.17) is 22.6 Å². The summed E-state index contributed by atoms with van der Waals surface area (Å²) in [5.41, 5.74) is 7.69. The summed E-state index contributed by atoms with van der Waals surface area (Å²) in [7, 11) is 0. The van der Waals surface area contributed by atoms with Gasteiger partial charge in [-0.05, 0) is 23.8 Å². The van der Waals surface area contributed by atoms with Gasteiger partial charge in [-0.25, -0.2) is 0 Å². The Kier molecular flexibility index (Phi) is 4.43. The van der Waals surface area contributed by atoms with E-state index in [-0.39, 0.29) is 6.04 Å². The van der Waals surface area contributed by atoms with Crippen LogP contribution in [0.4, 0.5) is 5.69 Å². The van der Waals surface area contributed by atoms with Gasteiger partial charge in [0.05, 0.1) is 12.5 Å². The summed E-state index contributed by atoms with van der Waals surface area (Å²) in [6.45, 7) is 3.75. The lowest BCUT2D eigenvalue weighted by atomic mass is 10.00. The van der Waals surface area contributed by atoms with Crippen molar-refractivity contribution in [1.82, 2.24) is 10.2 Å². The number of nitrogens with two attached hydrogens (primary N) is 1. The lowest BCUT2D eigenvalue weighted by Gasteiger charge is -2.34. The third kappa shape index (κ3) is 2.94. The van der Waals surface area contributed by atoms with Crippen LogP contribution in [-0.2, 0) is 0 Å². The van der Waals surface area contributed by atoms with Crippen molar-refractivity contribution in [3.05, 3.63) is 28.8 Å². The maximum Gasteiger partial charge on any atom is 0.0641 e. The molecule has 96 valence electrons. The van der Waals surface area contributed by atoms with Crippen molar-refractivity contribution in [2.45, 2.75) is 12.5 Å². The van der Waals surface area contributed by atoms with Gasteiger partial charge in [0.15, 0.2) is 0 Å². The molecule has 3 N–H and O–H groups in total. The Morgan fingerprint density at radius 2 is 2.17 bits per heavy atom. The normalized spacial score (nSPS) is 18.2. The molecule has 0 spiro atoms. The summed E-state index contributed by atoms with van der Waals surface area (Å²) in [4.78, 5) is 2.29. The number of nitriles is 1. The van der Waals surface area contributed by atoms with Crippen molar-refractivity contribution >= 4 is 17.3 Å². The second kappa shape index (κ2) is 6.05. The molecule has 0 radical (unpaired) electrons. The molecule has 5 heteroatoms. The lowest BCUT2D eigenvalue weighted by Crippen LogP contribution is -2.45. The summed E-state index contributed by atoms with van der Waals surface area (Å²) in [6.07, 6.45) is 0.435. The largest absolute Gasteiger partial charge is 0.398 e. The molecule has 0 aliphatic carbocycles. The molecular formula is C13H17ClN4. The van der Waals surface area contributed by atoms with Crippen LogP contribution in [0.25, 0.3) is 0 Å². The first kappa shape index (κ1) is 13.2. The molecule has 1 saturated heterocycles. The van der Waals surface area contributed by atoms with Crippen LogP contribution in [-0.4, -0.2) is 31.1 Å². The van der Waals surface area contributed by atoms with E-state index < -0.39 is 0 Å². The van der Waals surface area contributed by atoms with Gasteiger partial charge < -0.3 is 11.1 Å². The zero-order valence-corrected chi connectivity index (χ0v) is 11.0. The number of nitrogen functional groups attached to an aromatic ring is 1. The summed E-state index contributed by atoms with van der Waals surface area (Å²) in [5.74, 6) is 0. The molecule has 1 aromatic rings. The molecule has 1 aliphatic rings. The highest BCUT2D eigenvalue weighted by atomic mass is 35.5. The Balaban J connectivity index is 2.28. The zero-order valence-electron chi connectivity index (χ0n) is 10.2. The van der Waals surface area contributed by atoms with Crippen LogP contribution in [0.15, 0.2) is 18.2 Å². The third-order valence-electron chi connectivity index (χ3n) is 3.28. The number of rotatable bonds is 3. The first-order valence-electron chi connectivity index (χ1n) is 6.09. The molecular weight excluding hydrogens is 248 g/mol. The highest BCUT2D eigenvalue weighted by molar-refractivity contribution is 6.30. The Labute approximate surface area is 112 Å². The van der Waals surface area contributed by atoms with Crippen LogP contribution in [0.5, 0.6) is 0 Å². The quantitative estimate of drug-likeness (QED) is 0.817. The number of hydrogen-bond donors (Lipinski definition) is 2. The molecule has 0 aromatic heterocycles. The minimum Gasteiger partial charge on any atom is -0.398 e. The number of hydrogen-bond acceptors (Lipinski definition) is 4. The summed E-state index contributed by atoms with van der Waals surface area (Å²) < 4.78 is 0. The fraction of sp³-hybridized carbons (Fsp3) is 0.462. The maximum atomic E-state index is 9.02. The van der Waals surface area contributed by atoms with Gasteiger partial charge >= 0.3 is 0 Å². The van der Waals surface area contributed by atoms with E-state index in [9.17, 15) is 0 Å². The van der Waals surface area contributed by atoms with Crippen LogP contribution < -0.4 is 11.1 Å². The van der Waals surface area contributed by atoms with Gasteiger partial charge in [-0.15, -0.1) is 0 Å². The van der Waals surface area contributed by atoms with Gasteiger partial charge in [-0.2, -0.15) is 5.26 Å². The van der Waals surface area contributed by atoms with Crippen LogP contribution in [0.3, 0.4) is 0 Å².